The van der Waals surface area contributed by atoms with Crippen LogP contribution >= 0.6 is 17.0 Å². The van der Waals surface area contributed by atoms with Gasteiger partial charge in [-0.15, -0.1) is 0 Å². The molecule has 4 rings (SSSR count). The summed E-state index contributed by atoms with van der Waals surface area (Å²) in [7, 11) is 15.0. The number of benzene rings is 2. The molecule has 1 radical (unpaired) electrons. The van der Waals surface area contributed by atoms with Gasteiger partial charge in [-0.2, -0.15) is 0 Å². The molecule has 0 nitrogen and oxygen atoms in total. The summed E-state index contributed by atoms with van der Waals surface area (Å²) in [6.07, 6.45) is 8.15. The van der Waals surface area contributed by atoms with E-state index in [4.69, 9.17) is 17.0 Å². The van der Waals surface area contributed by atoms with Gasteiger partial charge < -0.3 is 0 Å². The Morgan fingerprint density at radius 2 is 1.32 bits per heavy atom. The van der Waals surface area contributed by atoms with E-state index >= 15 is 0 Å². The molecule has 2 aliphatic rings. The molecular weight excluding hydrogens is 534 g/mol. The van der Waals surface area contributed by atoms with Crippen molar-refractivity contribution in [2.45, 2.75) is 75.8 Å². The van der Waals surface area contributed by atoms with Gasteiger partial charge in [0.05, 0.1) is 0 Å². The predicted octanol–water partition coefficient (Wildman–Crippen LogP) is 10.0. The summed E-state index contributed by atoms with van der Waals surface area (Å²) in [5.74, 6) is 0. The van der Waals surface area contributed by atoms with Crippen LogP contribution in [0.3, 0.4) is 0 Å². The van der Waals surface area contributed by atoms with Gasteiger partial charge in [0.25, 0.3) is 0 Å². The van der Waals surface area contributed by atoms with Crippen molar-refractivity contribution in [2.75, 3.05) is 0 Å². The van der Waals surface area contributed by atoms with Crippen molar-refractivity contribution in [3.05, 3.63) is 92.8 Å². The van der Waals surface area contributed by atoms with Crippen LogP contribution in [-0.4, -0.2) is 4.21 Å². The van der Waals surface area contributed by atoms with Crippen LogP contribution in [0.25, 0.3) is 11.1 Å². The summed E-state index contributed by atoms with van der Waals surface area (Å²) in [6.45, 7) is 19.2. The normalized spacial score (nSPS) is 15.6. The zero-order valence-electron chi connectivity index (χ0n) is 21.9. The molecule has 0 aromatic heterocycles. The van der Waals surface area contributed by atoms with Gasteiger partial charge in [-0.05, 0) is 0 Å². The van der Waals surface area contributed by atoms with Crippen molar-refractivity contribution in [3.63, 3.8) is 0 Å². The van der Waals surface area contributed by atoms with Crippen LogP contribution in [-0.2, 0) is 26.7 Å². The Kier molecular flexibility index (Phi) is 7.70. The van der Waals surface area contributed by atoms with Crippen molar-refractivity contribution in [3.8, 4) is 11.1 Å². The molecule has 0 N–H and O–H groups in total. The molecule has 0 saturated heterocycles. The summed E-state index contributed by atoms with van der Waals surface area (Å²) < 4.78 is 5.43. The summed E-state index contributed by atoms with van der Waals surface area (Å²) in [5.41, 5.74) is 10.9. The molecule has 0 spiro atoms. The van der Waals surface area contributed by atoms with Crippen molar-refractivity contribution >= 4 is 21.2 Å². The molecule has 181 valence electrons. The Hall–Kier alpha value is -0.967. The minimum Gasteiger partial charge on any atom is -0.0654 e. The Morgan fingerprint density at radius 1 is 0.882 bits per heavy atom. The fourth-order valence-electron chi connectivity index (χ4n) is 4.61. The topological polar surface area (TPSA) is 0 Å². The van der Waals surface area contributed by atoms with E-state index in [0.717, 1.165) is 9.70 Å². The smallest absolute Gasteiger partial charge is 0.0533 e. The number of rotatable bonds is 3. The van der Waals surface area contributed by atoms with E-state index in [1.165, 1.54) is 39.8 Å². The number of hydrogen-bond donors (Lipinski definition) is 0. The third kappa shape index (κ3) is 5.25. The fourth-order valence-corrected chi connectivity index (χ4v) is 15.7. The molecule has 0 aliphatic heterocycles. The summed E-state index contributed by atoms with van der Waals surface area (Å²) in [4.78, 5) is 0. The van der Waals surface area contributed by atoms with E-state index in [1.54, 1.807) is 0 Å². The monoisotopic (exact) mass is 571 g/mol. The molecule has 0 atom stereocenters. The number of unbranched alkanes of at least 4 members (excludes halogenated alkanes) is 1. The molecule has 0 fully saturated rings. The van der Waals surface area contributed by atoms with Crippen LogP contribution < -0.4 is 0 Å². The molecule has 3 heteroatoms. The van der Waals surface area contributed by atoms with Crippen LogP contribution in [0.5, 0.6) is 0 Å². The van der Waals surface area contributed by atoms with Gasteiger partial charge in [-0.25, -0.2) is 0 Å². The first-order chi connectivity index (χ1) is 15.6. The average molecular weight is 574 g/mol. The largest absolute Gasteiger partial charge is 0.0654 e. The zero-order chi connectivity index (χ0) is 25.6. The quantitative estimate of drug-likeness (QED) is 0.321. The first-order valence-corrected chi connectivity index (χ1v) is 23.0. The van der Waals surface area contributed by atoms with E-state index in [2.05, 4.69) is 102 Å². The van der Waals surface area contributed by atoms with Gasteiger partial charge >= 0.3 is 190 Å². The zero-order valence-corrected chi connectivity index (χ0v) is 25.8. The first kappa shape index (κ1) is 27.6. The number of halogens is 2. The summed E-state index contributed by atoms with van der Waals surface area (Å²) in [6, 6.07) is 13.6. The maximum Gasteiger partial charge on any atom is -0.0533 e. The van der Waals surface area contributed by atoms with Crippen LogP contribution in [0, 0.1) is 6.92 Å². The Balaban J connectivity index is 0.000000751. The molecule has 2 aromatic carbocycles. The average Bonchev–Trinajstić information content (AvgIpc) is 3.39. The number of hydrogen-bond acceptors (Lipinski definition) is 0. The van der Waals surface area contributed by atoms with Crippen molar-refractivity contribution in [1.82, 2.24) is 0 Å². The van der Waals surface area contributed by atoms with Gasteiger partial charge in [0.2, 0.25) is 0 Å². The third-order valence-corrected chi connectivity index (χ3v) is 19.6. The maximum atomic E-state index is 7.49. The summed E-state index contributed by atoms with van der Waals surface area (Å²) in [5, 5.41) is 0. The van der Waals surface area contributed by atoms with Gasteiger partial charge in [0, 0.05) is 0 Å². The van der Waals surface area contributed by atoms with Crippen LogP contribution in [0.2, 0.25) is 0 Å². The minimum absolute atomic E-state index is 0.0441. The molecule has 0 unspecified atom stereocenters. The second-order valence-electron chi connectivity index (χ2n) is 11.7. The summed E-state index contributed by atoms with van der Waals surface area (Å²) >= 11 is -4.72. The number of allylic oxidation sites excluding steroid dienone is 3. The van der Waals surface area contributed by atoms with E-state index in [1.807, 2.05) is 18.2 Å². The van der Waals surface area contributed by atoms with E-state index in [9.17, 15) is 0 Å². The Labute approximate surface area is 215 Å². The number of fused-ring (bicyclic) bond motifs is 3. The Bertz CT molecular complexity index is 1180. The molecule has 2 aromatic rings. The van der Waals surface area contributed by atoms with E-state index in [-0.39, 0.29) is 14.5 Å². The van der Waals surface area contributed by atoms with Crippen LogP contribution in [0.1, 0.15) is 87.2 Å². The van der Waals surface area contributed by atoms with E-state index in [0.29, 0.717) is 0 Å². The van der Waals surface area contributed by atoms with Gasteiger partial charge in [-0.1, -0.05) is 26.7 Å². The molecule has 0 saturated carbocycles. The van der Waals surface area contributed by atoms with Crippen molar-refractivity contribution in [2.24, 2.45) is 0 Å². The standard InChI is InChI=1S/C21H25.C5H3.C4H9.CH2.2ClH.Zr/c1-20(2,3)16-7-9-18-14(12-16)11-15-13-17(21(4,5)6)8-10-19(15)18;1-2-4-5-3-1;1-3-4-2;;;;/h7-13H,1-6H3;1-3H;1,3-4H2,2H3;1H2;2*1H;/q;;;;;;+2/p-2. The van der Waals surface area contributed by atoms with Crippen molar-refractivity contribution < 1.29 is 15.9 Å². The molecule has 2 aliphatic carbocycles. The SMILES string of the molecule is [CH2]=[Zr]([Cl])([Cl])([C]1=C=CC=C1)[CH]1c2cc(C(C)(C)C)ccc2-c2ccc(C(C)(C)C)cc21.[CH2]CCC. The molecule has 0 amide bonds. The van der Waals surface area contributed by atoms with E-state index < -0.39 is 15.9 Å². The maximum absolute atomic E-state index is 7.49. The molecular formula is C31H39Cl2Zr. The van der Waals surface area contributed by atoms with Crippen LogP contribution in [0.15, 0.2) is 63.6 Å². The first-order valence-electron chi connectivity index (χ1n) is 12.3. The van der Waals surface area contributed by atoms with Crippen LogP contribution in [0.4, 0.5) is 0 Å². The second kappa shape index (κ2) is 9.48. The van der Waals surface area contributed by atoms with Gasteiger partial charge in [-0.3, -0.25) is 0 Å². The Morgan fingerprint density at radius 3 is 1.65 bits per heavy atom. The second-order valence-corrected chi connectivity index (χ2v) is 32.1. The third-order valence-electron chi connectivity index (χ3n) is 6.82. The van der Waals surface area contributed by atoms with Gasteiger partial charge in [0.15, 0.2) is 0 Å². The fraction of sp³-hybridized carbons (Fsp3) is 0.387. The minimum atomic E-state index is -4.72. The van der Waals surface area contributed by atoms with Gasteiger partial charge in [0.1, 0.15) is 0 Å². The molecule has 34 heavy (non-hydrogen) atoms. The predicted molar refractivity (Wildman–Crippen MR) is 151 cm³/mol. The molecule has 0 heterocycles. The molecule has 0 bridgehead atoms. The van der Waals surface area contributed by atoms with Crippen molar-refractivity contribution in [1.29, 1.82) is 0 Å².